The first-order valence-corrected chi connectivity index (χ1v) is 9.34. The lowest BCUT2D eigenvalue weighted by Crippen LogP contribution is -2.48. The summed E-state index contributed by atoms with van der Waals surface area (Å²) in [6.45, 7) is 6.67. The van der Waals surface area contributed by atoms with Crippen LogP contribution in [0, 0.1) is 6.92 Å². The van der Waals surface area contributed by atoms with Crippen LogP contribution in [0.4, 0.5) is 11.6 Å². The predicted molar refractivity (Wildman–Crippen MR) is 102 cm³/mol. The molecule has 25 heavy (non-hydrogen) atoms. The van der Waals surface area contributed by atoms with Crippen LogP contribution in [0.1, 0.15) is 18.1 Å². The second-order valence-corrected chi connectivity index (χ2v) is 7.08. The maximum absolute atomic E-state index is 11.5. The summed E-state index contributed by atoms with van der Waals surface area (Å²) in [5.41, 5.74) is 8.52. The van der Waals surface area contributed by atoms with Gasteiger partial charge in [-0.3, -0.25) is 4.79 Å². The van der Waals surface area contributed by atoms with Crippen molar-refractivity contribution in [3.8, 4) is 0 Å². The monoisotopic (exact) mass is 357 g/mol. The van der Waals surface area contributed by atoms with E-state index >= 15 is 0 Å². The number of nitrogen functional groups attached to an aromatic ring is 1. The fraction of sp³-hybridized carbons (Fsp3) is 0.389. The van der Waals surface area contributed by atoms with Gasteiger partial charge in [0.05, 0.1) is 0 Å². The van der Waals surface area contributed by atoms with Gasteiger partial charge in [0.1, 0.15) is 11.6 Å². The molecule has 1 amide bonds. The molecular formula is C18H23N5OS. The fourth-order valence-electron chi connectivity index (χ4n) is 2.82. The summed E-state index contributed by atoms with van der Waals surface area (Å²) >= 11 is 1.59. The van der Waals surface area contributed by atoms with E-state index in [-0.39, 0.29) is 5.91 Å². The number of rotatable bonds is 4. The van der Waals surface area contributed by atoms with Crippen molar-refractivity contribution >= 4 is 29.3 Å². The van der Waals surface area contributed by atoms with Gasteiger partial charge in [-0.05, 0) is 18.1 Å². The molecule has 0 unspecified atom stereocenters. The molecule has 0 aliphatic carbocycles. The summed E-state index contributed by atoms with van der Waals surface area (Å²) in [7, 11) is 0. The Labute approximate surface area is 152 Å². The number of benzene rings is 1. The number of hydrogen-bond donors (Lipinski definition) is 1. The molecule has 6 nitrogen and oxygen atoms in total. The van der Waals surface area contributed by atoms with Crippen molar-refractivity contribution in [2.45, 2.75) is 24.8 Å². The van der Waals surface area contributed by atoms with Crippen molar-refractivity contribution in [3.63, 3.8) is 0 Å². The number of amides is 1. The largest absolute Gasteiger partial charge is 0.383 e. The molecule has 2 aromatic rings. The van der Waals surface area contributed by atoms with E-state index in [0.29, 0.717) is 24.1 Å². The Morgan fingerprint density at radius 1 is 1.20 bits per heavy atom. The number of piperazine rings is 1. The minimum atomic E-state index is 0.122. The van der Waals surface area contributed by atoms with Gasteiger partial charge in [0.15, 0.2) is 5.16 Å². The van der Waals surface area contributed by atoms with Gasteiger partial charge >= 0.3 is 0 Å². The van der Waals surface area contributed by atoms with Crippen LogP contribution in [-0.4, -0.2) is 47.0 Å². The van der Waals surface area contributed by atoms with Crippen molar-refractivity contribution in [1.29, 1.82) is 0 Å². The molecule has 2 N–H and O–H groups in total. The van der Waals surface area contributed by atoms with E-state index < -0.39 is 0 Å². The Morgan fingerprint density at radius 2 is 1.92 bits per heavy atom. The lowest BCUT2D eigenvalue weighted by molar-refractivity contribution is -0.129. The van der Waals surface area contributed by atoms with Crippen LogP contribution >= 0.6 is 11.8 Å². The zero-order valence-corrected chi connectivity index (χ0v) is 15.4. The average Bonchev–Trinajstić information content (AvgIpc) is 2.60. The normalized spacial score (nSPS) is 14.6. The summed E-state index contributed by atoms with van der Waals surface area (Å²) in [5, 5.41) is 0.687. The highest BCUT2D eigenvalue weighted by Gasteiger charge is 2.20. The Kier molecular flexibility index (Phi) is 5.43. The average molecular weight is 357 g/mol. The van der Waals surface area contributed by atoms with E-state index in [4.69, 9.17) is 5.73 Å². The highest BCUT2D eigenvalue weighted by Crippen LogP contribution is 2.25. The molecule has 0 radical (unpaired) electrons. The van der Waals surface area contributed by atoms with Crippen LogP contribution in [-0.2, 0) is 10.5 Å². The van der Waals surface area contributed by atoms with Crippen LogP contribution in [0.25, 0.3) is 0 Å². The lowest BCUT2D eigenvalue weighted by Gasteiger charge is -2.35. The van der Waals surface area contributed by atoms with Crippen molar-refractivity contribution in [2.75, 3.05) is 36.8 Å². The third-order valence-corrected chi connectivity index (χ3v) is 5.28. The number of nitrogens with two attached hydrogens (primary N) is 1. The SMILES string of the molecule is CC(=O)N1CCN(c2cc(N)nc(SCc3ccccc3C)n2)CC1. The van der Waals surface area contributed by atoms with Crippen molar-refractivity contribution < 1.29 is 4.79 Å². The van der Waals surface area contributed by atoms with Crippen LogP contribution in [0.15, 0.2) is 35.5 Å². The topological polar surface area (TPSA) is 75.4 Å². The quantitative estimate of drug-likeness (QED) is 0.669. The molecular weight excluding hydrogens is 334 g/mol. The minimum absolute atomic E-state index is 0.122. The highest BCUT2D eigenvalue weighted by atomic mass is 32.2. The number of anilines is 2. The summed E-state index contributed by atoms with van der Waals surface area (Å²) in [4.78, 5) is 24.5. The van der Waals surface area contributed by atoms with Gasteiger partial charge in [-0.25, -0.2) is 9.97 Å². The highest BCUT2D eigenvalue weighted by molar-refractivity contribution is 7.98. The first kappa shape index (κ1) is 17.5. The second kappa shape index (κ2) is 7.74. The van der Waals surface area contributed by atoms with Crippen LogP contribution < -0.4 is 10.6 Å². The van der Waals surface area contributed by atoms with E-state index in [1.54, 1.807) is 24.8 Å². The number of hydrogen-bond acceptors (Lipinski definition) is 6. The molecule has 1 aromatic heterocycles. The van der Waals surface area contributed by atoms with E-state index in [1.807, 2.05) is 17.0 Å². The summed E-state index contributed by atoms with van der Waals surface area (Å²) in [5.74, 6) is 2.25. The van der Waals surface area contributed by atoms with E-state index in [1.165, 1.54) is 11.1 Å². The molecule has 1 aromatic carbocycles. The van der Waals surface area contributed by atoms with Gasteiger partial charge in [0.2, 0.25) is 5.91 Å². The number of aromatic nitrogens is 2. The molecule has 1 saturated heterocycles. The van der Waals surface area contributed by atoms with Gasteiger partial charge < -0.3 is 15.5 Å². The standard InChI is InChI=1S/C18H23N5OS/c1-13-5-3-4-6-15(13)12-25-18-20-16(19)11-17(21-18)23-9-7-22(8-10-23)14(2)24/h3-6,11H,7-10,12H2,1-2H3,(H2,19,20,21). The van der Waals surface area contributed by atoms with Gasteiger partial charge in [-0.2, -0.15) is 0 Å². The molecule has 2 heterocycles. The summed E-state index contributed by atoms with van der Waals surface area (Å²) in [6, 6.07) is 10.1. The maximum Gasteiger partial charge on any atom is 0.219 e. The van der Waals surface area contributed by atoms with Crippen molar-refractivity contribution in [1.82, 2.24) is 14.9 Å². The zero-order valence-electron chi connectivity index (χ0n) is 14.6. The number of aryl methyl sites for hydroxylation is 1. The van der Waals surface area contributed by atoms with E-state index in [9.17, 15) is 4.79 Å². The van der Waals surface area contributed by atoms with E-state index in [0.717, 1.165) is 24.7 Å². The summed E-state index contributed by atoms with van der Waals surface area (Å²) < 4.78 is 0. The third-order valence-electron chi connectivity index (χ3n) is 4.38. The Morgan fingerprint density at radius 3 is 2.60 bits per heavy atom. The number of carbonyl (C=O) groups excluding carboxylic acids is 1. The molecule has 0 atom stereocenters. The number of carbonyl (C=O) groups is 1. The van der Waals surface area contributed by atoms with Crippen LogP contribution in [0.2, 0.25) is 0 Å². The molecule has 0 spiro atoms. The minimum Gasteiger partial charge on any atom is -0.383 e. The molecule has 7 heteroatoms. The molecule has 1 fully saturated rings. The van der Waals surface area contributed by atoms with Gasteiger partial charge in [0.25, 0.3) is 0 Å². The van der Waals surface area contributed by atoms with Crippen LogP contribution in [0.5, 0.6) is 0 Å². The van der Waals surface area contributed by atoms with Gasteiger partial charge in [0, 0.05) is 44.9 Å². The molecule has 1 aliphatic rings. The molecule has 0 saturated carbocycles. The second-order valence-electron chi connectivity index (χ2n) is 6.14. The lowest BCUT2D eigenvalue weighted by atomic mass is 10.1. The zero-order chi connectivity index (χ0) is 17.8. The number of nitrogens with zero attached hydrogens (tertiary/aromatic N) is 4. The van der Waals surface area contributed by atoms with Crippen molar-refractivity contribution in [3.05, 3.63) is 41.5 Å². The first-order valence-electron chi connectivity index (χ1n) is 8.35. The fourth-order valence-corrected chi connectivity index (χ4v) is 3.76. The van der Waals surface area contributed by atoms with E-state index in [2.05, 4.69) is 33.9 Å². The smallest absolute Gasteiger partial charge is 0.219 e. The molecule has 3 rings (SSSR count). The molecule has 132 valence electrons. The van der Waals surface area contributed by atoms with Gasteiger partial charge in [-0.15, -0.1) is 0 Å². The maximum atomic E-state index is 11.5. The number of thioether (sulfide) groups is 1. The predicted octanol–water partition coefficient (Wildman–Crippen LogP) is 2.33. The van der Waals surface area contributed by atoms with Crippen molar-refractivity contribution in [2.24, 2.45) is 0 Å². The molecule has 1 aliphatic heterocycles. The first-order chi connectivity index (χ1) is 12.0. The Bertz CT molecular complexity index is 759. The third kappa shape index (κ3) is 4.42. The molecule has 0 bridgehead atoms. The van der Waals surface area contributed by atoms with Crippen LogP contribution in [0.3, 0.4) is 0 Å². The summed E-state index contributed by atoms with van der Waals surface area (Å²) in [6.07, 6.45) is 0. The Hall–Kier alpha value is -2.28. The van der Waals surface area contributed by atoms with Gasteiger partial charge in [-0.1, -0.05) is 36.0 Å². The Balaban J connectivity index is 1.69.